The molecule has 0 unspecified atom stereocenters. The molecule has 0 aromatic carbocycles. The molecule has 0 radical (unpaired) electrons. The summed E-state index contributed by atoms with van der Waals surface area (Å²) in [5, 5.41) is 11.0. The summed E-state index contributed by atoms with van der Waals surface area (Å²) >= 11 is 0. The zero-order chi connectivity index (χ0) is 30.7. The molecule has 0 aromatic heterocycles. The van der Waals surface area contributed by atoms with Crippen molar-refractivity contribution in [2.75, 3.05) is 27.2 Å². The molecule has 5 fully saturated rings. The molecule has 5 aliphatic carbocycles. The molecule has 0 bridgehead atoms. The summed E-state index contributed by atoms with van der Waals surface area (Å²) in [6.07, 6.45) is 12.9. The number of rotatable bonds is 3. The quantitative estimate of drug-likeness (QED) is 0.285. The van der Waals surface area contributed by atoms with Gasteiger partial charge in [-0.25, -0.2) is 0 Å². The molecule has 5 heteroatoms. The van der Waals surface area contributed by atoms with Gasteiger partial charge in [0.05, 0.1) is 32.2 Å². The second kappa shape index (κ2) is 9.41. The fourth-order valence-electron chi connectivity index (χ4n) is 12.3. The average Bonchev–Trinajstić information content (AvgIpc) is 3.24. The number of fused-ring (bicyclic) bond motifs is 7. The molecule has 236 valence electrons. The summed E-state index contributed by atoms with van der Waals surface area (Å²) < 4.78 is 7.08. The Balaban J connectivity index is 1.31. The van der Waals surface area contributed by atoms with E-state index < -0.39 is 5.41 Å². The Hall–Kier alpha value is -1.20. The SMILES string of the molecule is CC1(C)[C@@H](O)CC[C@]2(C)[C@H]3C(=O)C=C4[C@@H]5C[C@@](C)(C(=O)OC[C@H]6CCC[N+]6(C)C)CC[C@]5(C)CC[C@@]4(C)[C@]3(C)CC[C@@H]12. The molecular weight excluding hydrogens is 522 g/mol. The molecule has 1 heterocycles. The average molecular weight is 583 g/mol. The van der Waals surface area contributed by atoms with E-state index in [1.807, 2.05) is 0 Å². The van der Waals surface area contributed by atoms with E-state index >= 15 is 0 Å². The number of nitrogens with zero attached hydrogens (tertiary/aromatic N) is 1. The molecule has 0 amide bonds. The van der Waals surface area contributed by atoms with Crippen LogP contribution in [-0.2, 0) is 14.3 Å². The molecule has 1 saturated heterocycles. The number of likely N-dealkylation sites (tertiary alicyclic amines) is 1. The van der Waals surface area contributed by atoms with Crippen LogP contribution in [0.2, 0.25) is 0 Å². The van der Waals surface area contributed by atoms with Gasteiger partial charge in [-0.3, -0.25) is 9.59 Å². The van der Waals surface area contributed by atoms with Crippen molar-refractivity contribution in [3.05, 3.63) is 11.6 Å². The lowest BCUT2D eigenvalue weighted by Crippen LogP contribution is -2.66. The second-order valence-electron chi connectivity index (χ2n) is 18.5. The van der Waals surface area contributed by atoms with Crippen molar-refractivity contribution in [1.29, 1.82) is 0 Å². The Morgan fingerprint density at radius 1 is 0.952 bits per heavy atom. The number of aliphatic hydroxyl groups excluding tert-OH is 1. The highest BCUT2D eigenvalue weighted by molar-refractivity contribution is 5.95. The number of esters is 1. The predicted molar refractivity (Wildman–Crippen MR) is 166 cm³/mol. The van der Waals surface area contributed by atoms with Crippen molar-refractivity contribution in [2.45, 2.75) is 131 Å². The standard InChI is InChI=1S/C37H60NO4/c1-32(2)28-12-15-37(7)30(35(28,5)14-13-29(32)40)27(39)21-25-26-22-34(4,17-16-33(26,3)18-19-36(25,37)6)31(41)42-23-24-11-10-20-38(24,8)9/h21,24,26,28-30,40H,10-20,22-23H2,1-9H3/q+1/t24-,26+,28+,29+,30-,33-,34+,35+,36-,37-/m1/s1. The van der Waals surface area contributed by atoms with Gasteiger partial charge in [0.25, 0.3) is 0 Å². The van der Waals surface area contributed by atoms with Crippen LogP contribution in [0.15, 0.2) is 11.6 Å². The molecule has 42 heavy (non-hydrogen) atoms. The van der Waals surface area contributed by atoms with Gasteiger partial charge in [-0.05, 0) is 110 Å². The number of carbonyl (C=O) groups is 2. The molecule has 5 nitrogen and oxygen atoms in total. The number of allylic oxidation sites excluding steroid dienone is 2. The van der Waals surface area contributed by atoms with Gasteiger partial charge >= 0.3 is 5.97 Å². The van der Waals surface area contributed by atoms with Gasteiger partial charge in [-0.1, -0.05) is 47.1 Å². The minimum absolute atomic E-state index is 0.0125. The van der Waals surface area contributed by atoms with Crippen LogP contribution in [-0.4, -0.2) is 60.7 Å². The van der Waals surface area contributed by atoms with Crippen molar-refractivity contribution in [3.63, 3.8) is 0 Å². The lowest BCUT2D eigenvalue weighted by Gasteiger charge is -2.70. The lowest BCUT2D eigenvalue weighted by molar-refractivity contribution is -0.902. The van der Waals surface area contributed by atoms with Crippen LogP contribution in [0, 0.1) is 50.2 Å². The Labute approximate surface area is 255 Å². The maximum absolute atomic E-state index is 14.5. The van der Waals surface area contributed by atoms with Crippen molar-refractivity contribution in [3.8, 4) is 0 Å². The number of hydrogen-bond donors (Lipinski definition) is 1. The number of hydrogen-bond acceptors (Lipinski definition) is 4. The fraction of sp³-hybridized carbons (Fsp3) is 0.892. The second-order valence-corrected chi connectivity index (χ2v) is 18.5. The van der Waals surface area contributed by atoms with Crippen LogP contribution >= 0.6 is 0 Å². The molecule has 0 spiro atoms. The molecule has 6 rings (SSSR count). The van der Waals surface area contributed by atoms with Gasteiger partial charge < -0.3 is 14.3 Å². The topological polar surface area (TPSA) is 63.6 Å². The highest BCUT2D eigenvalue weighted by Gasteiger charge is 2.70. The summed E-state index contributed by atoms with van der Waals surface area (Å²) in [6.45, 7) is 18.0. The van der Waals surface area contributed by atoms with E-state index in [-0.39, 0.29) is 51.0 Å². The predicted octanol–water partition coefficient (Wildman–Crippen LogP) is 7.11. The zero-order valence-corrected chi connectivity index (χ0v) is 28.3. The highest BCUT2D eigenvalue weighted by Crippen LogP contribution is 2.75. The Bertz CT molecular complexity index is 1190. The van der Waals surface area contributed by atoms with Crippen molar-refractivity contribution in [1.82, 2.24) is 0 Å². The van der Waals surface area contributed by atoms with E-state index in [1.165, 1.54) is 12.0 Å². The van der Waals surface area contributed by atoms with E-state index in [0.717, 1.165) is 75.2 Å². The first-order valence-electron chi connectivity index (χ1n) is 17.3. The van der Waals surface area contributed by atoms with Crippen molar-refractivity contribution in [2.24, 2.45) is 50.2 Å². The number of ether oxygens (including phenoxy) is 1. The van der Waals surface area contributed by atoms with Gasteiger partial charge in [0, 0.05) is 18.8 Å². The molecule has 6 aliphatic rings. The third-order valence-electron chi connectivity index (χ3n) is 15.7. The molecule has 1 aliphatic heterocycles. The van der Waals surface area contributed by atoms with E-state index in [0.29, 0.717) is 24.3 Å². The van der Waals surface area contributed by atoms with Gasteiger partial charge in [0.15, 0.2) is 5.78 Å². The first-order chi connectivity index (χ1) is 19.3. The lowest BCUT2D eigenvalue weighted by atomic mass is 9.33. The third kappa shape index (κ3) is 4.06. The first-order valence-corrected chi connectivity index (χ1v) is 17.3. The normalized spacial score (nSPS) is 51.0. The first kappa shape index (κ1) is 30.8. The highest BCUT2D eigenvalue weighted by atomic mass is 16.5. The molecular formula is C37H60NO4+. The number of aliphatic hydroxyl groups is 1. The molecule has 10 atom stereocenters. The van der Waals surface area contributed by atoms with Crippen molar-refractivity contribution >= 4 is 11.8 Å². The van der Waals surface area contributed by atoms with Crippen LogP contribution in [0.3, 0.4) is 0 Å². The summed E-state index contributed by atoms with van der Waals surface area (Å²) in [5.74, 6) is 0.871. The van der Waals surface area contributed by atoms with Crippen LogP contribution in [0.1, 0.15) is 119 Å². The molecule has 0 aromatic rings. The van der Waals surface area contributed by atoms with E-state index in [1.54, 1.807) is 0 Å². The van der Waals surface area contributed by atoms with E-state index in [4.69, 9.17) is 4.74 Å². The maximum Gasteiger partial charge on any atom is 0.312 e. The Morgan fingerprint density at radius 3 is 2.31 bits per heavy atom. The van der Waals surface area contributed by atoms with E-state index in [9.17, 15) is 14.7 Å². The largest absolute Gasteiger partial charge is 0.459 e. The summed E-state index contributed by atoms with van der Waals surface area (Å²) in [5.41, 5.74) is 0.518. The maximum atomic E-state index is 14.5. The van der Waals surface area contributed by atoms with Gasteiger partial charge in [0.1, 0.15) is 12.6 Å². The zero-order valence-electron chi connectivity index (χ0n) is 28.3. The Kier molecular flexibility index (Phi) is 6.90. The summed E-state index contributed by atoms with van der Waals surface area (Å²) in [4.78, 5) is 28.3. The number of carbonyl (C=O) groups excluding carboxylic acids is 2. The van der Waals surface area contributed by atoms with Crippen LogP contribution in [0.5, 0.6) is 0 Å². The fourth-order valence-corrected chi connectivity index (χ4v) is 12.3. The molecule has 4 saturated carbocycles. The van der Waals surface area contributed by atoms with Gasteiger partial charge in [-0.2, -0.15) is 0 Å². The third-order valence-corrected chi connectivity index (χ3v) is 15.7. The van der Waals surface area contributed by atoms with Crippen LogP contribution in [0.25, 0.3) is 0 Å². The van der Waals surface area contributed by atoms with Gasteiger partial charge in [0.2, 0.25) is 0 Å². The minimum atomic E-state index is -0.507. The number of ketones is 1. The number of quaternary nitrogens is 1. The number of likely N-dealkylation sites (N-methyl/N-ethyl adjacent to an activating group) is 1. The summed E-state index contributed by atoms with van der Waals surface area (Å²) in [6, 6.07) is 0.391. The minimum Gasteiger partial charge on any atom is -0.459 e. The van der Waals surface area contributed by atoms with Crippen LogP contribution < -0.4 is 0 Å². The van der Waals surface area contributed by atoms with Crippen molar-refractivity contribution < 1.29 is 23.9 Å². The van der Waals surface area contributed by atoms with Gasteiger partial charge in [-0.15, -0.1) is 0 Å². The van der Waals surface area contributed by atoms with E-state index in [2.05, 4.69) is 68.6 Å². The monoisotopic (exact) mass is 582 g/mol. The smallest absolute Gasteiger partial charge is 0.312 e. The Morgan fingerprint density at radius 2 is 1.64 bits per heavy atom. The van der Waals surface area contributed by atoms with Crippen LogP contribution in [0.4, 0.5) is 0 Å². The summed E-state index contributed by atoms with van der Waals surface area (Å²) in [7, 11) is 4.51. The molecule has 1 N–H and O–H groups in total.